The number of esters is 3. The van der Waals surface area contributed by atoms with Gasteiger partial charge in [-0.25, -0.2) is 0 Å². The Morgan fingerprint density at radius 2 is 0.790 bits per heavy atom. The van der Waals surface area contributed by atoms with Crippen molar-refractivity contribution in [2.24, 2.45) is 11.3 Å². The molecule has 0 spiro atoms. The molecule has 1 atom stereocenters. The summed E-state index contributed by atoms with van der Waals surface area (Å²) >= 11 is 0. The molecule has 0 aromatic rings. The van der Waals surface area contributed by atoms with Crippen molar-refractivity contribution in [3.05, 3.63) is 36.5 Å². The van der Waals surface area contributed by atoms with E-state index in [1.165, 1.54) is 38.5 Å². The number of nitrogens with zero attached hydrogens (tertiary/aromatic N) is 1. The quantitative estimate of drug-likeness (QED) is 0.0276. The number of aliphatic carboxylic acids is 1. The topological polar surface area (TPSA) is 119 Å². The molecule has 0 fully saturated rings. The van der Waals surface area contributed by atoms with E-state index < -0.39 is 23.3 Å². The number of carbonyl (C=O) groups excluding carboxylic acids is 3. The van der Waals surface area contributed by atoms with Crippen LogP contribution in [0.3, 0.4) is 0 Å². The molecule has 0 aliphatic carbocycles. The maximum Gasteiger partial charge on any atom is 0.306 e. The molecule has 9 nitrogen and oxygen atoms in total. The molecule has 0 saturated carbocycles. The van der Waals surface area contributed by atoms with Crippen LogP contribution in [0.15, 0.2) is 36.5 Å². The average Bonchev–Trinajstić information content (AvgIpc) is 3.25. The Labute approximate surface area is 380 Å². The molecule has 0 aromatic heterocycles. The van der Waals surface area contributed by atoms with Crippen molar-refractivity contribution in [1.29, 1.82) is 0 Å². The Bertz CT molecular complexity index is 1130. The minimum Gasteiger partial charge on any atom is -0.481 e. The molecule has 0 amide bonds. The first-order valence-electron chi connectivity index (χ1n) is 25.4. The number of hydrogen-bond donors (Lipinski definition) is 1. The Morgan fingerprint density at radius 3 is 1.15 bits per heavy atom. The van der Waals surface area contributed by atoms with E-state index in [0.29, 0.717) is 25.7 Å². The zero-order chi connectivity index (χ0) is 45.8. The first kappa shape index (κ1) is 59.1. The van der Waals surface area contributed by atoms with Crippen molar-refractivity contribution < 1.29 is 38.5 Å². The number of carboxylic acids is 1. The van der Waals surface area contributed by atoms with Crippen molar-refractivity contribution >= 4 is 23.9 Å². The zero-order valence-electron chi connectivity index (χ0n) is 40.7. The van der Waals surface area contributed by atoms with E-state index in [4.69, 9.17) is 14.2 Å². The number of allylic oxidation sites excluding steroid dienone is 6. The summed E-state index contributed by atoms with van der Waals surface area (Å²) in [6, 6.07) is 0. The standard InChI is InChI=1S/C53H95NO8/c1-6-9-12-15-18-21-24-27-30-33-36-40-49(55)60-45-53(47-62-51(57)42-38-43-54(4)5,44-48(52(58)59)39-35-32-29-26-23-20-17-14-11-8-3)46-61-50(56)41-37-34-31-28-25-22-19-16-13-10-7-2/h15-20,48H,6-14,21-47H2,1-5H3,(H,58,59)/b18-15-,19-16-,20-17-. The van der Waals surface area contributed by atoms with Crippen LogP contribution >= 0.6 is 0 Å². The van der Waals surface area contributed by atoms with Gasteiger partial charge in [-0.1, -0.05) is 154 Å². The molecular formula is C53H95NO8. The third-order valence-corrected chi connectivity index (χ3v) is 11.5. The third kappa shape index (κ3) is 38.7. The van der Waals surface area contributed by atoms with Crippen LogP contribution in [0.2, 0.25) is 0 Å². The van der Waals surface area contributed by atoms with Gasteiger partial charge in [0.05, 0.1) is 11.3 Å². The van der Waals surface area contributed by atoms with Crippen LogP contribution in [0.5, 0.6) is 0 Å². The molecule has 1 N–H and O–H groups in total. The van der Waals surface area contributed by atoms with Gasteiger partial charge in [0, 0.05) is 19.3 Å². The summed E-state index contributed by atoms with van der Waals surface area (Å²) < 4.78 is 17.6. The molecule has 0 aromatic carbocycles. The maximum absolute atomic E-state index is 13.2. The van der Waals surface area contributed by atoms with E-state index in [1.807, 2.05) is 19.0 Å². The number of ether oxygens (including phenoxy) is 3. The molecule has 360 valence electrons. The fourth-order valence-corrected chi connectivity index (χ4v) is 7.40. The predicted octanol–water partition coefficient (Wildman–Crippen LogP) is 14.1. The lowest BCUT2D eigenvalue weighted by Crippen LogP contribution is -2.42. The Morgan fingerprint density at radius 1 is 0.468 bits per heavy atom. The van der Waals surface area contributed by atoms with Gasteiger partial charge in [0.25, 0.3) is 0 Å². The highest BCUT2D eigenvalue weighted by molar-refractivity contribution is 5.71. The second-order valence-corrected chi connectivity index (χ2v) is 18.1. The van der Waals surface area contributed by atoms with Crippen molar-refractivity contribution in [1.82, 2.24) is 4.90 Å². The van der Waals surface area contributed by atoms with Crippen molar-refractivity contribution in [2.45, 2.75) is 226 Å². The van der Waals surface area contributed by atoms with E-state index in [2.05, 4.69) is 57.2 Å². The zero-order valence-corrected chi connectivity index (χ0v) is 40.7. The fraction of sp³-hybridized carbons (Fsp3) is 0.811. The molecule has 0 rings (SSSR count). The molecule has 0 bridgehead atoms. The molecule has 0 aliphatic rings. The molecular weight excluding hydrogens is 779 g/mol. The van der Waals surface area contributed by atoms with E-state index in [0.717, 1.165) is 122 Å². The highest BCUT2D eigenvalue weighted by atomic mass is 16.6. The Hall–Kier alpha value is -2.94. The SMILES string of the molecule is CCCC/C=C\CCCCCCCC(=O)OCC(COC(=O)CCCCCCC/C=C\CCCC)(COC(=O)CCCN(C)C)CC(CCCCCC/C=C\CCCC)C(=O)O. The van der Waals surface area contributed by atoms with E-state index in [9.17, 15) is 24.3 Å². The van der Waals surface area contributed by atoms with Gasteiger partial charge in [-0.05, 0) is 111 Å². The van der Waals surface area contributed by atoms with Crippen LogP contribution in [0, 0.1) is 11.3 Å². The van der Waals surface area contributed by atoms with Crippen molar-refractivity contribution in [3.63, 3.8) is 0 Å². The smallest absolute Gasteiger partial charge is 0.306 e. The van der Waals surface area contributed by atoms with E-state index in [-0.39, 0.29) is 57.4 Å². The lowest BCUT2D eigenvalue weighted by atomic mass is 9.79. The van der Waals surface area contributed by atoms with Gasteiger partial charge >= 0.3 is 23.9 Å². The van der Waals surface area contributed by atoms with Gasteiger partial charge in [-0.3, -0.25) is 19.2 Å². The number of unbranched alkanes of at least 4 members (excludes halogenated alkanes) is 20. The number of rotatable bonds is 45. The Kier molecular flexibility index (Phi) is 41.3. The minimum absolute atomic E-state index is 0.0633. The highest BCUT2D eigenvalue weighted by Gasteiger charge is 2.40. The number of carboxylic acid groups (broad SMARTS) is 1. The van der Waals surface area contributed by atoms with Gasteiger partial charge in [0.15, 0.2) is 0 Å². The van der Waals surface area contributed by atoms with Crippen LogP contribution in [-0.4, -0.2) is 74.3 Å². The maximum atomic E-state index is 13.2. The summed E-state index contributed by atoms with van der Waals surface area (Å²) in [4.78, 5) is 54.2. The Balaban J connectivity index is 5.68. The van der Waals surface area contributed by atoms with Crippen LogP contribution in [0.1, 0.15) is 226 Å². The van der Waals surface area contributed by atoms with Crippen LogP contribution in [-0.2, 0) is 33.4 Å². The summed E-state index contributed by atoms with van der Waals surface area (Å²) in [5.74, 6) is -2.88. The normalized spacial score (nSPS) is 12.5. The molecule has 9 heteroatoms. The van der Waals surface area contributed by atoms with Gasteiger partial charge < -0.3 is 24.2 Å². The first-order chi connectivity index (χ1) is 30.1. The largest absolute Gasteiger partial charge is 0.481 e. The lowest BCUT2D eigenvalue weighted by Gasteiger charge is -2.34. The summed E-state index contributed by atoms with van der Waals surface area (Å²) in [7, 11) is 3.89. The minimum atomic E-state index is -1.19. The van der Waals surface area contributed by atoms with Gasteiger partial charge in [0.2, 0.25) is 0 Å². The van der Waals surface area contributed by atoms with Crippen LogP contribution in [0.4, 0.5) is 0 Å². The second kappa shape index (κ2) is 43.3. The molecule has 0 saturated heterocycles. The second-order valence-electron chi connectivity index (χ2n) is 18.1. The lowest BCUT2D eigenvalue weighted by molar-refractivity contribution is -0.165. The summed E-state index contributed by atoms with van der Waals surface area (Å²) in [5.41, 5.74) is -1.19. The summed E-state index contributed by atoms with van der Waals surface area (Å²) in [6.07, 6.45) is 42.9. The molecule has 0 heterocycles. The van der Waals surface area contributed by atoms with Crippen molar-refractivity contribution in [2.75, 3.05) is 40.5 Å². The summed E-state index contributed by atoms with van der Waals surface area (Å²) in [5, 5.41) is 10.5. The van der Waals surface area contributed by atoms with Gasteiger partial charge in [-0.15, -0.1) is 0 Å². The van der Waals surface area contributed by atoms with Gasteiger partial charge in [0.1, 0.15) is 19.8 Å². The fourth-order valence-electron chi connectivity index (χ4n) is 7.40. The number of carbonyl (C=O) groups is 4. The van der Waals surface area contributed by atoms with Crippen LogP contribution in [0.25, 0.3) is 0 Å². The van der Waals surface area contributed by atoms with E-state index >= 15 is 0 Å². The highest BCUT2D eigenvalue weighted by Crippen LogP contribution is 2.33. The average molecular weight is 874 g/mol. The number of hydrogen-bond acceptors (Lipinski definition) is 8. The summed E-state index contributed by atoms with van der Waals surface area (Å²) in [6.45, 7) is 6.76. The van der Waals surface area contributed by atoms with Crippen molar-refractivity contribution in [3.8, 4) is 0 Å². The molecule has 0 radical (unpaired) electrons. The molecule has 62 heavy (non-hydrogen) atoms. The van der Waals surface area contributed by atoms with Crippen LogP contribution < -0.4 is 0 Å². The molecule has 1 unspecified atom stereocenters. The third-order valence-electron chi connectivity index (χ3n) is 11.5. The van der Waals surface area contributed by atoms with E-state index in [1.54, 1.807) is 0 Å². The van der Waals surface area contributed by atoms with Gasteiger partial charge in [-0.2, -0.15) is 0 Å². The monoisotopic (exact) mass is 874 g/mol. The first-order valence-corrected chi connectivity index (χ1v) is 25.4. The molecule has 0 aliphatic heterocycles. The predicted molar refractivity (Wildman–Crippen MR) is 257 cm³/mol.